The molecule has 90 valence electrons. The number of hydrogen-bond acceptors (Lipinski definition) is 2. The number of nitrogens with one attached hydrogen (secondary N) is 1. The van der Waals surface area contributed by atoms with Crippen molar-refractivity contribution >= 4 is 0 Å². The monoisotopic (exact) mass is 229 g/mol. The van der Waals surface area contributed by atoms with E-state index in [-0.39, 0.29) is 0 Å². The highest BCUT2D eigenvalue weighted by molar-refractivity contribution is 5.66. The third-order valence-corrected chi connectivity index (χ3v) is 2.91. The minimum absolute atomic E-state index is 0.844. The quantitative estimate of drug-likeness (QED) is 0.876. The second kappa shape index (κ2) is 4.72. The summed E-state index contributed by atoms with van der Waals surface area (Å²) in [5.74, 6) is 0. The number of aryl methyl sites for hydroxylation is 3. The van der Waals surface area contributed by atoms with Gasteiger partial charge in [-0.1, -0.05) is 23.8 Å². The van der Waals surface area contributed by atoms with Gasteiger partial charge in [-0.3, -0.25) is 4.68 Å². The summed E-state index contributed by atoms with van der Waals surface area (Å²) in [5.41, 5.74) is 6.11. The molecule has 0 fully saturated rings. The van der Waals surface area contributed by atoms with Crippen molar-refractivity contribution in [2.45, 2.75) is 20.4 Å². The van der Waals surface area contributed by atoms with E-state index >= 15 is 0 Å². The highest BCUT2D eigenvalue weighted by Gasteiger charge is 2.11. The zero-order valence-electron chi connectivity index (χ0n) is 10.9. The van der Waals surface area contributed by atoms with Crippen LogP contribution in [0.25, 0.3) is 11.3 Å². The van der Waals surface area contributed by atoms with E-state index in [1.165, 1.54) is 22.3 Å². The molecule has 17 heavy (non-hydrogen) atoms. The molecule has 0 aliphatic rings. The number of nitrogens with zero attached hydrogens (tertiary/aromatic N) is 2. The zero-order valence-corrected chi connectivity index (χ0v) is 10.9. The van der Waals surface area contributed by atoms with Crippen LogP contribution in [0.2, 0.25) is 0 Å². The van der Waals surface area contributed by atoms with Gasteiger partial charge < -0.3 is 5.32 Å². The minimum atomic E-state index is 0.844. The van der Waals surface area contributed by atoms with Crippen molar-refractivity contribution in [2.24, 2.45) is 7.05 Å². The first kappa shape index (κ1) is 11.9. The van der Waals surface area contributed by atoms with Crippen molar-refractivity contribution in [1.29, 1.82) is 0 Å². The first-order chi connectivity index (χ1) is 8.11. The summed E-state index contributed by atoms with van der Waals surface area (Å²) in [4.78, 5) is 0. The molecule has 0 amide bonds. The molecule has 0 saturated carbocycles. The molecule has 2 aromatic rings. The fraction of sp³-hybridized carbons (Fsp3) is 0.357. The average molecular weight is 229 g/mol. The fourth-order valence-electron chi connectivity index (χ4n) is 2.16. The third kappa shape index (κ3) is 2.39. The summed E-state index contributed by atoms with van der Waals surface area (Å²) in [7, 11) is 3.92. The van der Waals surface area contributed by atoms with Gasteiger partial charge in [-0.2, -0.15) is 5.10 Å². The Bertz CT molecular complexity index is 526. The van der Waals surface area contributed by atoms with Crippen LogP contribution in [0.3, 0.4) is 0 Å². The molecule has 0 aliphatic heterocycles. The Balaban J connectivity index is 2.51. The van der Waals surface area contributed by atoms with Gasteiger partial charge in [-0.15, -0.1) is 0 Å². The van der Waals surface area contributed by atoms with Gasteiger partial charge in [0.05, 0.1) is 5.69 Å². The van der Waals surface area contributed by atoms with Crippen LogP contribution in [-0.2, 0) is 13.6 Å². The number of rotatable bonds is 3. The van der Waals surface area contributed by atoms with E-state index in [1.807, 2.05) is 18.8 Å². The lowest BCUT2D eigenvalue weighted by Crippen LogP contribution is -2.05. The molecule has 3 heteroatoms. The molecule has 1 aromatic carbocycles. The summed E-state index contributed by atoms with van der Waals surface area (Å²) in [5, 5.41) is 7.75. The summed E-state index contributed by atoms with van der Waals surface area (Å²) in [6.07, 6.45) is 2.07. The second-order valence-corrected chi connectivity index (χ2v) is 4.53. The maximum Gasteiger partial charge on any atom is 0.0970 e. The van der Waals surface area contributed by atoms with Crippen molar-refractivity contribution in [1.82, 2.24) is 15.1 Å². The smallest absolute Gasteiger partial charge is 0.0970 e. The van der Waals surface area contributed by atoms with Crippen LogP contribution in [0.5, 0.6) is 0 Å². The Hall–Kier alpha value is -1.61. The number of benzene rings is 1. The lowest BCUT2D eigenvalue weighted by molar-refractivity contribution is 0.765. The van der Waals surface area contributed by atoms with Gasteiger partial charge in [0.2, 0.25) is 0 Å². The summed E-state index contributed by atoms with van der Waals surface area (Å²) in [6, 6.07) is 6.50. The van der Waals surface area contributed by atoms with Gasteiger partial charge in [0, 0.05) is 30.9 Å². The summed E-state index contributed by atoms with van der Waals surface area (Å²) in [6.45, 7) is 5.10. The lowest BCUT2D eigenvalue weighted by Gasteiger charge is -2.06. The molecular formula is C14H19N3. The van der Waals surface area contributed by atoms with E-state index in [9.17, 15) is 0 Å². The van der Waals surface area contributed by atoms with Crippen molar-refractivity contribution in [2.75, 3.05) is 7.05 Å². The van der Waals surface area contributed by atoms with Crippen LogP contribution >= 0.6 is 0 Å². The predicted octanol–water partition coefficient (Wildman–Crippen LogP) is 2.42. The highest BCUT2D eigenvalue weighted by atomic mass is 15.3. The van der Waals surface area contributed by atoms with E-state index in [0.29, 0.717) is 0 Å². The summed E-state index contributed by atoms with van der Waals surface area (Å²) >= 11 is 0. The molecule has 0 radical (unpaired) electrons. The minimum Gasteiger partial charge on any atom is -0.316 e. The van der Waals surface area contributed by atoms with E-state index in [2.05, 4.69) is 48.7 Å². The van der Waals surface area contributed by atoms with Crippen molar-refractivity contribution < 1.29 is 0 Å². The Morgan fingerprint density at radius 2 is 2.06 bits per heavy atom. The molecule has 0 bridgehead atoms. The predicted molar refractivity (Wildman–Crippen MR) is 70.9 cm³/mol. The molecule has 0 aliphatic carbocycles. The Morgan fingerprint density at radius 3 is 2.71 bits per heavy atom. The van der Waals surface area contributed by atoms with E-state index in [4.69, 9.17) is 0 Å². The Labute approximate surface area is 102 Å². The van der Waals surface area contributed by atoms with Gasteiger partial charge in [0.15, 0.2) is 0 Å². The van der Waals surface area contributed by atoms with E-state index in [0.717, 1.165) is 12.2 Å². The first-order valence-corrected chi connectivity index (χ1v) is 5.86. The standard InChI is InChI=1S/C14H19N3/c1-10-5-6-13(11(2)7-10)14-12(8-15-3)9-17(4)16-14/h5-7,9,15H,8H2,1-4H3. The van der Waals surface area contributed by atoms with Gasteiger partial charge >= 0.3 is 0 Å². The fourth-order valence-corrected chi connectivity index (χ4v) is 2.16. The zero-order chi connectivity index (χ0) is 12.4. The van der Waals surface area contributed by atoms with Gasteiger partial charge in [-0.25, -0.2) is 0 Å². The van der Waals surface area contributed by atoms with Crippen molar-refractivity contribution in [3.05, 3.63) is 41.1 Å². The normalized spacial score (nSPS) is 10.8. The molecule has 2 rings (SSSR count). The van der Waals surface area contributed by atoms with E-state index in [1.54, 1.807) is 0 Å². The van der Waals surface area contributed by atoms with Gasteiger partial charge in [-0.05, 0) is 26.5 Å². The van der Waals surface area contributed by atoms with Crippen LogP contribution in [-0.4, -0.2) is 16.8 Å². The average Bonchev–Trinajstić information content (AvgIpc) is 2.60. The second-order valence-electron chi connectivity index (χ2n) is 4.53. The van der Waals surface area contributed by atoms with Crippen molar-refractivity contribution in [3.63, 3.8) is 0 Å². The molecule has 0 saturated heterocycles. The number of hydrogen-bond donors (Lipinski definition) is 1. The first-order valence-electron chi connectivity index (χ1n) is 5.86. The Morgan fingerprint density at radius 1 is 1.29 bits per heavy atom. The van der Waals surface area contributed by atoms with Gasteiger partial charge in [0.1, 0.15) is 0 Å². The summed E-state index contributed by atoms with van der Waals surface area (Å²) < 4.78 is 1.88. The highest BCUT2D eigenvalue weighted by Crippen LogP contribution is 2.25. The van der Waals surface area contributed by atoms with Crippen LogP contribution in [0, 0.1) is 13.8 Å². The molecular weight excluding hydrogens is 210 g/mol. The molecule has 0 unspecified atom stereocenters. The molecule has 1 heterocycles. The largest absolute Gasteiger partial charge is 0.316 e. The lowest BCUT2D eigenvalue weighted by atomic mass is 10.0. The number of aromatic nitrogens is 2. The third-order valence-electron chi connectivity index (χ3n) is 2.91. The molecule has 0 atom stereocenters. The Kier molecular flexibility index (Phi) is 3.29. The van der Waals surface area contributed by atoms with Crippen LogP contribution in [0.4, 0.5) is 0 Å². The SMILES string of the molecule is CNCc1cn(C)nc1-c1ccc(C)cc1C. The maximum absolute atomic E-state index is 4.57. The van der Waals surface area contributed by atoms with Crippen molar-refractivity contribution in [3.8, 4) is 11.3 Å². The van der Waals surface area contributed by atoms with Crippen LogP contribution in [0.15, 0.2) is 24.4 Å². The molecule has 1 aromatic heterocycles. The molecule has 3 nitrogen and oxygen atoms in total. The van der Waals surface area contributed by atoms with Crippen LogP contribution in [0.1, 0.15) is 16.7 Å². The van der Waals surface area contributed by atoms with E-state index < -0.39 is 0 Å². The molecule has 1 N–H and O–H groups in total. The maximum atomic E-state index is 4.57. The molecule has 0 spiro atoms. The van der Waals surface area contributed by atoms with Crippen LogP contribution < -0.4 is 5.32 Å². The van der Waals surface area contributed by atoms with Gasteiger partial charge in [0.25, 0.3) is 0 Å². The topological polar surface area (TPSA) is 29.9 Å².